The van der Waals surface area contributed by atoms with Gasteiger partial charge in [-0.2, -0.15) is 0 Å². The lowest BCUT2D eigenvalue weighted by atomic mass is 10.3. The molecule has 0 saturated carbocycles. The molecular formula is C9H17O3Si. The molecule has 13 heavy (non-hydrogen) atoms. The van der Waals surface area contributed by atoms with Crippen LogP contribution in [0.15, 0.2) is 12.7 Å². The average molecular weight is 201 g/mol. The Kier molecular flexibility index (Phi) is 4.94. The number of carbonyl (C=O) groups excluding carboxylic acids is 1. The lowest BCUT2D eigenvalue weighted by molar-refractivity contribution is -0.142. The maximum atomic E-state index is 11.3. The molecule has 0 fully saturated rings. The van der Waals surface area contributed by atoms with Crippen LogP contribution in [-0.4, -0.2) is 20.4 Å². The minimum Gasteiger partial charge on any atom is -0.460 e. The van der Waals surface area contributed by atoms with E-state index in [0.717, 1.165) is 6.08 Å². The molecule has 0 aliphatic heterocycles. The first-order valence-electron chi connectivity index (χ1n) is 4.38. The Labute approximate surface area is 80.5 Å². The molecule has 1 atom stereocenters. The van der Waals surface area contributed by atoms with E-state index in [1.54, 1.807) is 20.0 Å². The van der Waals surface area contributed by atoms with Crippen molar-refractivity contribution in [3.05, 3.63) is 12.7 Å². The Morgan fingerprint density at radius 2 is 2.15 bits per heavy atom. The van der Waals surface area contributed by atoms with E-state index >= 15 is 0 Å². The third kappa shape index (κ3) is 7.74. The van der Waals surface area contributed by atoms with Crippen molar-refractivity contribution < 1.29 is 14.3 Å². The van der Waals surface area contributed by atoms with E-state index in [1.165, 1.54) is 0 Å². The fraction of sp³-hybridized carbons (Fsp3) is 0.667. The molecule has 0 aromatic rings. The minimum absolute atomic E-state index is 0.175. The van der Waals surface area contributed by atoms with Crippen molar-refractivity contribution in [2.75, 3.05) is 0 Å². The number of hydrogen-bond acceptors (Lipinski definition) is 2. The van der Waals surface area contributed by atoms with E-state index in [0.29, 0.717) is 12.5 Å². The summed E-state index contributed by atoms with van der Waals surface area (Å²) in [6, 6.07) is 0.637. The van der Waals surface area contributed by atoms with Gasteiger partial charge in [0.1, 0.15) is 0 Å². The van der Waals surface area contributed by atoms with Gasteiger partial charge >= 0.3 is 5.97 Å². The molecule has 75 valence electrons. The number of carbonyl (C=O) groups is 1. The van der Waals surface area contributed by atoms with Gasteiger partial charge in [-0.15, -0.1) is 0 Å². The Morgan fingerprint density at radius 1 is 1.62 bits per heavy atom. The number of ether oxygens (including phenoxy) is 1. The normalized spacial score (nSPS) is 13.5. The first-order valence-corrected chi connectivity index (χ1v) is 7.50. The highest BCUT2D eigenvalue weighted by molar-refractivity contribution is 6.69. The summed E-state index contributed by atoms with van der Waals surface area (Å²) in [6.07, 6.45) is 1.62. The Morgan fingerprint density at radius 3 is 2.54 bits per heavy atom. The number of rotatable bonds is 5. The molecule has 0 amide bonds. The zero-order valence-electron chi connectivity index (χ0n) is 8.50. The van der Waals surface area contributed by atoms with Gasteiger partial charge in [0.25, 0.3) is 0 Å². The number of esters is 1. The predicted octanol–water partition coefficient (Wildman–Crippen LogP) is 2.13. The molecule has 1 radical (unpaired) electrons. The van der Waals surface area contributed by atoms with Gasteiger partial charge in [-0.1, -0.05) is 6.58 Å². The van der Waals surface area contributed by atoms with E-state index < -0.39 is 14.3 Å². The molecule has 3 nitrogen and oxygen atoms in total. The zero-order chi connectivity index (χ0) is 10.5. The standard InChI is InChI=1S/C9H17O3Si/c1-5-9(10)12-8(2)6-7-13(3,4)11/h5,8H,1,6-7H2,2-4H3. The average Bonchev–Trinajstić information content (AvgIpc) is 1.99. The lowest BCUT2D eigenvalue weighted by Crippen LogP contribution is -2.25. The van der Waals surface area contributed by atoms with Gasteiger partial charge in [0.15, 0.2) is 0 Å². The molecule has 0 aliphatic carbocycles. The van der Waals surface area contributed by atoms with E-state index in [9.17, 15) is 9.59 Å². The van der Waals surface area contributed by atoms with Crippen LogP contribution in [0.3, 0.4) is 0 Å². The molecule has 0 rings (SSSR count). The van der Waals surface area contributed by atoms with E-state index in [-0.39, 0.29) is 6.10 Å². The largest absolute Gasteiger partial charge is 0.460 e. The summed E-state index contributed by atoms with van der Waals surface area (Å²) in [7, 11) is -2.25. The monoisotopic (exact) mass is 201 g/mol. The van der Waals surface area contributed by atoms with E-state index in [2.05, 4.69) is 6.58 Å². The molecule has 0 N–H and O–H groups in total. The highest BCUT2D eigenvalue weighted by Crippen LogP contribution is 2.12. The Hall–Kier alpha value is -0.613. The van der Waals surface area contributed by atoms with Crippen LogP contribution in [0.4, 0.5) is 0 Å². The van der Waals surface area contributed by atoms with Gasteiger partial charge in [0.05, 0.1) is 6.10 Å². The third-order valence-electron chi connectivity index (χ3n) is 1.64. The van der Waals surface area contributed by atoms with Gasteiger partial charge in [0, 0.05) is 6.08 Å². The van der Waals surface area contributed by atoms with Gasteiger partial charge < -0.3 is 4.74 Å². The quantitative estimate of drug-likeness (QED) is 0.388. The van der Waals surface area contributed by atoms with Crippen LogP contribution in [0.5, 0.6) is 0 Å². The molecule has 4 heteroatoms. The summed E-state index contributed by atoms with van der Waals surface area (Å²) in [5.74, 6) is -0.419. The van der Waals surface area contributed by atoms with Crippen LogP contribution in [0, 0.1) is 0 Å². The second-order valence-corrected chi connectivity index (χ2v) is 7.77. The molecule has 0 aliphatic rings. The molecule has 0 aromatic heterocycles. The molecule has 0 bridgehead atoms. The second-order valence-electron chi connectivity index (χ2n) is 3.75. The van der Waals surface area contributed by atoms with Crippen LogP contribution < -0.4 is 0 Å². The van der Waals surface area contributed by atoms with Crippen LogP contribution >= 0.6 is 0 Å². The highest BCUT2D eigenvalue weighted by atomic mass is 28.4. The summed E-state index contributed by atoms with van der Waals surface area (Å²) < 4.78 is 4.92. The fourth-order valence-electron chi connectivity index (χ4n) is 0.856. The van der Waals surface area contributed by atoms with Crippen molar-refractivity contribution in [1.29, 1.82) is 0 Å². The van der Waals surface area contributed by atoms with Gasteiger partial charge in [-0.3, -0.25) is 4.80 Å². The Bertz CT molecular complexity index is 184. The topological polar surface area (TPSA) is 46.2 Å². The van der Waals surface area contributed by atoms with Crippen LogP contribution in [-0.2, 0) is 14.3 Å². The molecule has 0 saturated heterocycles. The summed E-state index contributed by atoms with van der Waals surface area (Å²) >= 11 is 0. The molecular weight excluding hydrogens is 184 g/mol. The highest BCUT2D eigenvalue weighted by Gasteiger charge is 2.21. The van der Waals surface area contributed by atoms with Crippen LogP contribution in [0.2, 0.25) is 19.1 Å². The van der Waals surface area contributed by atoms with Crippen molar-refractivity contribution in [1.82, 2.24) is 0 Å². The van der Waals surface area contributed by atoms with Crippen molar-refractivity contribution in [2.45, 2.75) is 38.6 Å². The number of hydrogen-bond donors (Lipinski definition) is 0. The van der Waals surface area contributed by atoms with Gasteiger partial charge in [0.2, 0.25) is 8.32 Å². The fourth-order valence-corrected chi connectivity index (χ4v) is 1.96. The van der Waals surface area contributed by atoms with Crippen LogP contribution in [0.25, 0.3) is 0 Å². The van der Waals surface area contributed by atoms with Gasteiger partial charge in [-0.05, 0) is 32.5 Å². The lowest BCUT2D eigenvalue weighted by Gasteiger charge is -2.15. The maximum Gasteiger partial charge on any atom is 0.330 e. The predicted molar refractivity (Wildman–Crippen MR) is 53.3 cm³/mol. The van der Waals surface area contributed by atoms with Gasteiger partial charge in [-0.25, -0.2) is 4.79 Å². The van der Waals surface area contributed by atoms with Crippen molar-refractivity contribution in [3.8, 4) is 0 Å². The summed E-state index contributed by atoms with van der Waals surface area (Å²) in [5.41, 5.74) is 0. The smallest absolute Gasteiger partial charge is 0.330 e. The summed E-state index contributed by atoms with van der Waals surface area (Å²) in [4.78, 5) is 22.1. The maximum absolute atomic E-state index is 11.3. The van der Waals surface area contributed by atoms with E-state index in [4.69, 9.17) is 4.74 Å². The van der Waals surface area contributed by atoms with Crippen molar-refractivity contribution in [3.63, 3.8) is 0 Å². The van der Waals surface area contributed by atoms with Crippen molar-refractivity contribution >= 4 is 14.3 Å². The molecule has 1 unspecified atom stereocenters. The van der Waals surface area contributed by atoms with Crippen molar-refractivity contribution in [2.24, 2.45) is 0 Å². The zero-order valence-corrected chi connectivity index (χ0v) is 9.50. The molecule has 0 heterocycles. The first kappa shape index (κ1) is 12.4. The Balaban J connectivity index is 3.69. The van der Waals surface area contributed by atoms with E-state index in [1.807, 2.05) is 0 Å². The second kappa shape index (κ2) is 5.19. The summed E-state index contributed by atoms with van der Waals surface area (Å²) in [6.45, 7) is 8.61. The summed E-state index contributed by atoms with van der Waals surface area (Å²) in [5, 5.41) is 0. The van der Waals surface area contributed by atoms with Crippen LogP contribution in [0.1, 0.15) is 13.3 Å². The molecule has 0 aromatic carbocycles. The minimum atomic E-state index is -2.25. The third-order valence-corrected chi connectivity index (χ3v) is 3.13. The first-order chi connectivity index (χ1) is 5.85. The molecule has 0 spiro atoms. The SMILES string of the molecule is C=CC(=O)OC(C)CC[Si](C)(C)[O].